The van der Waals surface area contributed by atoms with Crippen LogP contribution in [0.4, 0.5) is 0 Å². The van der Waals surface area contributed by atoms with Crippen molar-refractivity contribution in [1.29, 1.82) is 0 Å². The van der Waals surface area contributed by atoms with E-state index in [1.807, 2.05) is 24.1 Å². The van der Waals surface area contributed by atoms with Crippen LogP contribution >= 0.6 is 0 Å². The Hall–Kier alpha value is -2.01. The summed E-state index contributed by atoms with van der Waals surface area (Å²) >= 11 is 0. The molecule has 2 heterocycles. The second-order valence-corrected chi connectivity index (χ2v) is 4.24. The van der Waals surface area contributed by atoms with Crippen LogP contribution in [0.3, 0.4) is 0 Å². The fourth-order valence-corrected chi connectivity index (χ4v) is 1.82. The van der Waals surface area contributed by atoms with Gasteiger partial charge in [-0.15, -0.1) is 0 Å². The van der Waals surface area contributed by atoms with Crippen molar-refractivity contribution in [3.63, 3.8) is 0 Å². The normalized spacial score (nSPS) is 11.1. The maximum absolute atomic E-state index is 10.9. The fourth-order valence-electron chi connectivity index (χ4n) is 1.82. The molecule has 0 aliphatic heterocycles. The van der Waals surface area contributed by atoms with Gasteiger partial charge in [0.1, 0.15) is 22.8 Å². The highest BCUT2D eigenvalue weighted by Crippen LogP contribution is 2.16. The Labute approximate surface area is 105 Å². The molecule has 2 aromatic rings. The number of rotatable bonds is 5. The minimum Gasteiger partial charge on any atom is -0.478 e. The number of nitrogens with zero attached hydrogens (tertiary/aromatic N) is 1. The second kappa shape index (κ2) is 5.10. The lowest BCUT2D eigenvalue weighted by Crippen LogP contribution is -2.16. The summed E-state index contributed by atoms with van der Waals surface area (Å²) in [5.41, 5.74) is 0.219. The van der Waals surface area contributed by atoms with Gasteiger partial charge in [0.05, 0.1) is 19.4 Å². The first-order chi connectivity index (χ1) is 8.56. The van der Waals surface area contributed by atoms with Gasteiger partial charge in [-0.2, -0.15) is 0 Å². The molecule has 0 fully saturated rings. The van der Waals surface area contributed by atoms with E-state index < -0.39 is 5.97 Å². The lowest BCUT2D eigenvalue weighted by molar-refractivity contribution is 0.0695. The molecule has 1 N–H and O–H groups in total. The number of carboxylic acids is 1. The molecule has 0 atom stereocenters. The molecule has 5 nitrogen and oxygen atoms in total. The van der Waals surface area contributed by atoms with Crippen molar-refractivity contribution < 1.29 is 18.7 Å². The van der Waals surface area contributed by atoms with E-state index in [0.29, 0.717) is 24.6 Å². The highest BCUT2D eigenvalue weighted by molar-refractivity contribution is 5.88. The Bertz CT molecular complexity index is 527. The van der Waals surface area contributed by atoms with Gasteiger partial charge >= 0.3 is 5.97 Å². The van der Waals surface area contributed by atoms with Crippen LogP contribution in [0.2, 0.25) is 0 Å². The molecule has 96 valence electrons. The Morgan fingerprint density at radius 3 is 2.67 bits per heavy atom. The van der Waals surface area contributed by atoms with Crippen molar-refractivity contribution in [3.8, 4) is 0 Å². The number of furan rings is 2. The Balaban J connectivity index is 2.01. The van der Waals surface area contributed by atoms with E-state index in [9.17, 15) is 4.79 Å². The molecule has 0 radical (unpaired) electrons. The zero-order valence-corrected chi connectivity index (χ0v) is 10.3. The summed E-state index contributed by atoms with van der Waals surface area (Å²) in [6.45, 7) is 2.84. The predicted molar refractivity (Wildman–Crippen MR) is 64.3 cm³/mol. The summed E-state index contributed by atoms with van der Waals surface area (Å²) in [7, 11) is 1.92. The fraction of sp³-hybridized carbons (Fsp3) is 0.308. The average Bonchev–Trinajstić information content (AvgIpc) is 2.88. The largest absolute Gasteiger partial charge is 0.478 e. The molecule has 0 saturated heterocycles. The van der Waals surface area contributed by atoms with Gasteiger partial charge in [-0.05, 0) is 32.2 Å². The van der Waals surface area contributed by atoms with Gasteiger partial charge in [-0.3, -0.25) is 4.90 Å². The van der Waals surface area contributed by atoms with Crippen molar-refractivity contribution >= 4 is 5.97 Å². The highest BCUT2D eigenvalue weighted by Gasteiger charge is 2.15. The summed E-state index contributed by atoms with van der Waals surface area (Å²) in [5.74, 6) is 0.971. The molecule has 0 aromatic carbocycles. The summed E-state index contributed by atoms with van der Waals surface area (Å²) in [5, 5.41) is 8.93. The minimum absolute atomic E-state index is 0.219. The highest BCUT2D eigenvalue weighted by atomic mass is 16.4. The SMILES string of the molecule is Cc1oc(CN(C)Cc2ccco2)cc1C(=O)O. The monoisotopic (exact) mass is 249 g/mol. The molecule has 0 aliphatic carbocycles. The first kappa shape index (κ1) is 12.4. The molecule has 0 aliphatic rings. The van der Waals surface area contributed by atoms with E-state index >= 15 is 0 Å². The van der Waals surface area contributed by atoms with Gasteiger partial charge in [0.25, 0.3) is 0 Å². The minimum atomic E-state index is -0.962. The van der Waals surface area contributed by atoms with Gasteiger partial charge in [-0.1, -0.05) is 0 Å². The molecule has 0 bridgehead atoms. The number of aromatic carboxylic acids is 1. The van der Waals surface area contributed by atoms with Crippen LogP contribution in [0, 0.1) is 6.92 Å². The summed E-state index contributed by atoms with van der Waals surface area (Å²) in [6.07, 6.45) is 1.63. The van der Waals surface area contributed by atoms with E-state index in [1.54, 1.807) is 19.3 Å². The third kappa shape index (κ3) is 2.81. The lowest BCUT2D eigenvalue weighted by Gasteiger charge is -2.12. The van der Waals surface area contributed by atoms with Crippen LogP contribution in [0.5, 0.6) is 0 Å². The quantitative estimate of drug-likeness (QED) is 0.881. The molecule has 18 heavy (non-hydrogen) atoms. The van der Waals surface area contributed by atoms with E-state index in [2.05, 4.69) is 0 Å². The van der Waals surface area contributed by atoms with Crippen molar-refractivity contribution in [3.05, 3.63) is 47.3 Å². The van der Waals surface area contributed by atoms with E-state index in [0.717, 1.165) is 5.76 Å². The van der Waals surface area contributed by atoms with Crippen LogP contribution < -0.4 is 0 Å². The van der Waals surface area contributed by atoms with Crippen molar-refractivity contribution in [2.24, 2.45) is 0 Å². The van der Waals surface area contributed by atoms with Crippen LogP contribution in [-0.2, 0) is 13.1 Å². The van der Waals surface area contributed by atoms with Crippen molar-refractivity contribution in [1.82, 2.24) is 4.90 Å². The number of hydrogen-bond donors (Lipinski definition) is 1. The standard InChI is InChI=1S/C13H15NO4/c1-9-12(13(15)16)6-11(18-9)8-14(2)7-10-4-3-5-17-10/h3-6H,7-8H2,1-2H3,(H,15,16). The summed E-state index contributed by atoms with van der Waals surface area (Å²) in [6, 6.07) is 5.30. The molecule has 2 aromatic heterocycles. The molecule has 2 rings (SSSR count). The van der Waals surface area contributed by atoms with Crippen LogP contribution in [0.15, 0.2) is 33.3 Å². The van der Waals surface area contributed by atoms with Crippen molar-refractivity contribution in [2.45, 2.75) is 20.0 Å². The third-order valence-corrected chi connectivity index (χ3v) is 2.63. The Kier molecular flexibility index (Phi) is 3.53. The molecular formula is C13H15NO4. The summed E-state index contributed by atoms with van der Waals surface area (Å²) in [4.78, 5) is 12.9. The molecule has 0 saturated carbocycles. The van der Waals surface area contributed by atoms with Gasteiger partial charge < -0.3 is 13.9 Å². The maximum Gasteiger partial charge on any atom is 0.339 e. The second-order valence-electron chi connectivity index (χ2n) is 4.24. The molecule has 0 spiro atoms. The number of carbonyl (C=O) groups is 1. The first-order valence-corrected chi connectivity index (χ1v) is 5.60. The molecule has 5 heteroatoms. The Morgan fingerprint density at radius 2 is 2.11 bits per heavy atom. The lowest BCUT2D eigenvalue weighted by atomic mass is 10.2. The predicted octanol–water partition coefficient (Wildman–Crippen LogP) is 2.51. The zero-order valence-electron chi connectivity index (χ0n) is 10.3. The number of aryl methyl sites for hydroxylation is 1. The Morgan fingerprint density at radius 1 is 1.39 bits per heavy atom. The van der Waals surface area contributed by atoms with Gasteiger partial charge in [0, 0.05) is 0 Å². The number of hydrogen-bond acceptors (Lipinski definition) is 4. The van der Waals surface area contributed by atoms with Crippen LogP contribution in [0.1, 0.15) is 27.6 Å². The topological polar surface area (TPSA) is 66.8 Å². The van der Waals surface area contributed by atoms with E-state index in [-0.39, 0.29) is 5.56 Å². The first-order valence-electron chi connectivity index (χ1n) is 5.60. The van der Waals surface area contributed by atoms with E-state index in [1.165, 1.54) is 0 Å². The molecular weight excluding hydrogens is 234 g/mol. The molecule has 0 unspecified atom stereocenters. The van der Waals surface area contributed by atoms with Crippen molar-refractivity contribution in [2.75, 3.05) is 7.05 Å². The van der Waals surface area contributed by atoms with Gasteiger partial charge in [0.15, 0.2) is 0 Å². The third-order valence-electron chi connectivity index (χ3n) is 2.63. The number of carboxylic acid groups (broad SMARTS) is 1. The van der Waals surface area contributed by atoms with Gasteiger partial charge in [-0.25, -0.2) is 4.79 Å². The van der Waals surface area contributed by atoms with Gasteiger partial charge in [0.2, 0.25) is 0 Å². The van der Waals surface area contributed by atoms with E-state index in [4.69, 9.17) is 13.9 Å². The average molecular weight is 249 g/mol. The summed E-state index contributed by atoms with van der Waals surface area (Å²) < 4.78 is 10.7. The smallest absolute Gasteiger partial charge is 0.339 e. The zero-order chi connectivity index (χ0) is 13.1. The maximum atomic E-state index is 10.9. The van der Waals surface area contributed by atoms with Crippen LogP contribution in [-0.4, -0.2) is 23.0 Å². The van der Waals surface area contributed by atoms with Crippen LogP contribution in [0.25, 0.3) is 0 Å². The molecule has 0 amide bonds.